The lowest BCUT2D eigenvalue weighted by atomic mass is 9.89. The summed E-state index contributed by atoms with van der Waals surface area (Å²) in [6.07, 6.45) is 1.16. The van der Waals surface area contributed by atoms with Gasteiger partial charge in [0.2, 0.25) is 0 Å². The molecule has 0 aromatic heterocycles. The van der Waals surface area contributed by atoms with Crippen molar-refractivity contribution < 1.29 is 4.74 Å². The van der Waals surface area contributed by atoms with Crippen LogP contribution in [0.2, 0.25) is 0 Å². The molecule has 0 saturated carbocycles. The van der Waals surface area contributed by atoms with Gasteiger partial charge in [-0.05, 0) is 24.4 Å². The normalized spacial score (nSPS) is 19.6. The summed E-state index contributed by atoms with van der Waals surface area (Å²) in [7, 11) is 0. The third kappa shape index (κ3) is 4.53. The van der Waals surface area contributed by atoms with Gasteiger partial charge in [0.25, 0.3) is 0 Å². The number of nitrogens with zero attached hydrogens (tertiary/aromatic N) is 1. The minimum atomic E-state index is 0.393. The fourth-order valence-electron chi connectivity index (χ4n) is 3.29. The fraction of sp³-hybridized carbons (Fsp3) is 0.667. The van der Waals surface area contributed by atoms with Crippen LogP contribution in [0.3, 0.4) is 0 Å². The first kappa shape index (κ1) is 16.5. The van der Waals surface area contributed by atoms with E-state index in [0.29, 0.717) is 18.0 Å². The Balaban J connectivity index is 2.21. The van der Waals surface area contributed by atoms with E-state index in [0.717, 1.165) is 39.3 Å². The zero-order valence-electron chi connectivity index (χ0n) is 13.7. The van der Waals surface area contributed by atoms with Gasteiger partial charge in [-0.15, -0.1) is 0 Å². The summed E-state index contributed by atoms with van der Waals surface area (Å²) in [6, 6.07) is 11.8. The zero-order chi connectivity index (χ0) is 15.1. The van der Waals surface area contributed by atoms with Crippen LogP contribution < -0.4 is 5.32 Å². The van der Waals surface area contributed by atoms with Crippen molar-refractivity contribution in [2.45, 2.75) is 39.3 Å². The number of rotatable bonds is 7. The molecule has 2 atom stereocenters. The van der Waals surface area contributed by atoms with Crippen LogP contribution in [0, 0.1) is 5.92 Å². The van der Waals surface area contributed by atoms with E-state index in [4.69, 9.17) is 4.74 Å². The quantitative estimate of drug-likeness (QED) is 0.835. The molecule has 1 heterocycles. The summed E-state index contributed by atoms with van der Waals surface area (Å²) in [4.78, 5) is 2.61. The Hall–Kier alpha value is -0.900. The number of ether oxygens (including phenoxy) is 1. The molecule has 1 aromatic rings. The predicted molar refractivity (Wildman–Crippen MR) is 88.5 cm³/mol. The first-order chi connectivity index (χ1) is 10.2. The Kier molecular flexibility index (Phi) is 6.68. The molecular formula is C18H30N2O. The van der Waals surface area contributed by atoms with Gasteiger partial charge >= 0.3 is 0 Å². The van der Waals surface area contributed by atoms with Crippen LogP contribution in [0.4, 0.5) is 0 Å². The van der Waals surface area contributed by atoms with E-state index in [-0.39, 0.29) is 0 Å². The minimum Gasteiger partial charge on any atom is -0.379 e. The first-order valence-electron chi connectivity index (χ1n) is 8.34. The van der Waals surface area contributed by atoms with E-state index in [1.807, 2.05) is 0 Å². The maximum Gasteiger partial charge on any atom is 0.0594 e. The zero-order valence-corrected chi connectivity index (χ0v) is 13.7. The topological polar surface area (TPSA) is 24.5 Å². The molecule has 2 unspecified atom stereocenters. The Bertz CT molecular complexity index is 387. The van der Waals surface area contributed by atoms with E-state index >= 15 is 0 Å². The van der Waals surface area contributed by atoms with Crippen molar-refractivity contribution in [1.82, 2.24) is 10.2 Å². The molecule has 0 radical (unpaired) electrons. The summed E-state index contributed by atoms with van der Waals surface area (Å²) in [5.41, 5.74) is 1.40. The van der Waals surface area contributed by atoms with Crippen LogP contribution >= 0.6 is 0 Å². The van der Waals surface area contributed by atoms with Crippen molar-refractivity contribution in [3.05, 3.63) is 35.9 Å². The highest BCUT2D eigenvalue weighted by atomic mass is 16.5. The SMILES string of the molecule is CCCNC(c1ccccc1)C(C(C)C)N1CCOCC1. The lowest BCUT2D eigenvalue weighted by Gasteiger charge is -2.42. The van der Waals surface area contributed by atoms with E-state index in [1.165, 1.54) is 5.56 Å². The van der Waals surface area contributed by atoms with Gasteiger partial charge < -0.3 is 10.1 Å². The van der Waals surface area contributed by atoms with Crippen LogP contribution in [0.5, 0.6) is 0 Å². The van der Waals surface area contributed by atoms with Gasteiger partial charge in [-0.2, -0.15) is 0 Å². The van der Waals surface area contributed by atoms with Crippen molar-refractivity contribution in [2.75, 3.05) is 32.8 Å². The monoisotopic (exact) mass is 290 g/mol. The Morgan fingerprint density at radius 1 is 1.14 bits per heavy atom. The Morgan fingerprint density at radius 3 is 2.38 bits per heavy atom. The summed E-state index contributed by atoms with van der Waals surface area (Å²) in [5.74, 6) is 0.609. The van der Waals surface area contributed by atoms with Gasteiger partial charge in [-0.25, -0.2) is 0 Å². The lowest BCUT2D eigenvalue weighted by Crippen LogP contribution is -2.52. The largest absolute Gasteiger partial charge is 0.379 e. The van der Waals surface area contributed by atoms with Crippen molar-refractivity contribution in [3.8, 4) is 0 Å². The van der Waals surface area contributed by atoms with Crippen molar-refractivity contribution >= 4 is 0 Å². The highest BCUT2D eigenvalue weighted by Crippen LogP contribution is 2.27. The number of morpholine rings is 1. The lowest BCUT2D eigenvalue weighted by molar-refractivity contribution is -0.00431. The molecule has 21 heavy (non-hydrogen) atoms. The molecule has 0 amide bonds. The van der Waals surface area contributed by atoms with Crippen LogP contribution in [0.25, 0.3) is 0 Å². The molecule has 1 aliphatic rings. The number of hydrogen-bond donors (Lipinski definition) is 1. The van der Waals surface area contributed by atoms with Crippen molar-refractivity contribution in [2.24, 2.45) is 5.92 Å². The molecular weight excluding hydrogens is 260 g/mol. The van der Waals surface area contributed by atoms with Gasteiger partial charge in [0.05, 0.1) is 13.2 Å². The van der Waals surface area contributed by atoms with E-state index in [1.54, 1.807) is 0 Å². The molecule has 1 aliphatic heterocycles. The molecule has 1 fully saturated rings. The van der Waals surface area contributed by atoms with Crippen LogP contribution in [0.1, 0.15) is 38.8 Å². The van der Waals surface area contributed by atoms with Gasteiger partial charge in [-0.1, -0.05) is 51.1 Å². The summed E-state index contributed by atoms with van der Waals surface area (Å²) in [6.45, 7) is 11.8. The average molecular weight is 290 g/mol. The molecule has 3 nitrogen and oxygen atoms in total. The fourth-order valence-corrected chi connectivity index (χ4v) is 3.29. The molecule has 1 saturated heterocycles. The maximum absolute atomic E-state index is 5.53. The van der Waals surface area contributed by atoms with Gasteiger partial charge in [0.15, 0.2) is 0 Å². The minimum absolute atomic E-state index is 0.393. The third-order valence-electron chi connectivity index (χ3n) is 4.26. The van der Waals surface area contributed by atoms with Gasteiger partial charge in [0.1, 0.15) is 0 Å². The number of hydrogen-bond acceptors (Lipinski definition) is 3. The van der Waals surface area contributed by atoms with Gasteiger partial charge in [-0.3, -0.25) is 4.90 Å². The molecule has 2 rings (SSSR count). The van der Waals surface area contributed by atoms with E-state index in [9.17, 15) is 0 Å². The van der Waals surface area contributed by atoms with Crippen LogP contribution in [0.15, 0.2) is 30.3 Å². The molecule has 118 valence electrons. The Labute approximate surface area is 129 Å². The second-order valence-electron chi connectivity index (χ2n) is 6.23. The highest BCUT2D eigenvalue weighted by Gasteiger charge is 2.31. The van der Waals surface area contributed by atoms with E-state index in [2.05, 4.69) is 61.3 Å². The molecule has 0 bridgehead atoms. The van der Waals surface area contributed by atoms with Crippen molar-refractivity contribution in [3.63, 3.8) is 0 Å². The molecule has 3 heteroatoms. The van der Waals surface area contributed by atoms with E-state index < -0.39 is 0 Å². The summed E-state index contributed by atoms with van der Waals surface area (Å²) in [5, 5.41) is 3.78. The number of nitrogens with one attached hydrogen (secondary N) is 1. The predicted octanol–water partition coefficient (Wildman–Crippen LogP) is 3.08. The standard InChI is InChI=1S/C18H30N2O/c1-4-10-19-17(16-8-6-5-7-9-16)18(15(2)3)20-11-13-21-14-12-20/h5-9,15,17-19H,4,10-14H2,1-3H3. The summed E-state index contributed by atoms with van der Waals surface area (Å²) < 4.78 is 5.53. The smallest absolute Gasteiger partial charge is 0.0594 e. The van der Waals surface area contributed by atoms with Crippen molar-refractivity contribution in [1.29, 1.82) is 0 Å². The molecule has 0 aliphatic carbocycles. The second-order valence-corrected chi connectivity index (χ2v) is 6.23. The second kappa shape index (κ2) is 8.52. The van der Waals surface area contributed by atoms with Crippen LogP contribution in [-0.4, -0.2) is 43.8 Å². The van der Waals surface area contributed by atoms with Crippen LogP contribution in [-0.2, 0) is 4.74 Å². The average Bonchev–Trinajstić information content (AvgIpc) is 2.52. The summed E-state index contributed by atoms with van der Waals surface area (Å²) >= 11 is 0. The molecule has 0 spiro atoms. The molecule has 1 aromatic carbocycles. The highest BCUT2D eigenvalue weighted by molar-refractivity contribution is 5.21. The molecule has 1 N–H and O–H groups in total. The first-order valence-corrected chi connectivity index (χ1v) is 8.34. The maximum atomic E-state index is 5.53. The third-order valence-corrected chi connectivity index (χ3v) is 4.26. The Morgan fingerprint density at radius 2 is 1.81 bits per heavy atom. The van der Waals surface area contributed by atoms with Gasteiger partial charge in [0, 0.05) is 25.2 Å². The number of benzene rings is 1.